The zero-order chi connectivity index (χ0) is 18.4. The molecule has 2 aromatic rings. The Labute approximate surface area is 160 Å². The Bertz CT molecular complexity index is 927. The zero-order valence-corrected chi connectivity index (χ0v) is 15.6. The first-order valence-electron chi connectivity index (χ1n) is 9.92. The van der Waals surface area contributed by atoms with Crippen LogP contribution in [0.4, 0.5) is 0 Å². The van der Waals surface area contributed by atoms with E-state index in [-0.39, 0.29) is 12.2 Å². The highest BCUT2D eigenvalue weighted by Gasteiger charge is 2.40. The minimum absolute atomic E-state index is 0.118. The molecule has 2 fully saturated rings. The number of piperidine rings is 1. The van der Waals surface area contributed by atoms with E-state index in [1.165, 1.54) is 18.4 Å². The molecule has 27 heavy (non-hydrogen) atoms. The largest absolute Gasteiger partial charge is 0.365 e. The molecule has 0 radical (unpaired) electrons. The number of fused-ring (bicyclic) bond motifs is 4. The topological polar surface area (TPSA) is 36.3 Å². The van der Waals surface area contributed by atoms with Crippen molar-refractivity contribution in [3.8, 4) is 6.07 Å². The van der Waals surface area contributed by atoms with Gasteiger partial charge in [-0.3, -0.25) is 0 Å². The van der Waals surface area contributed by atoms with E-state index in [2.05, 4.69) is 48.3 Å². The second-order valence-electron chi connectivity index (χ2n) is 8.05. The lowest BCUT2D eigenvalue weighted by Gasteiger charge is -2.38. The molecular formula is C24H24N2O. The van der Waals surface area contributed by atoms with Crippen molar-refractivity contribution in [1.29, 1.82) is 5.26 Å². The van der Waals surface area contributed by atoms with Crippen LogP contribution in [0.2, 0.25) is 0 Å². The maximum absolute atomic E-state index is 9.74. The van der Waals surface area contributed by atoms with Gasteiger partial charge in [-0.15, -0.1) is 0 Å². The molecule has 5 rings (SSSR count). The van der Waals surface area contributed by atoms with Gasteiger partial charge in [0.1, 0.15) is 6.10 Å². The van der Waals surface area contributed by atoms with Crippen LogP contribution in [-0.4, -0.2) is 30.1 Å². The standard InChI is InChI=1S/C24H24N2O/c1-26-18-10-11-19(26)14-20(13-18)27-24-22-8-3-2-6-16(22)12-17(15-25)21-7-4-5-9-23(21)24/h2-9,12,18-20,24H,10-11,13-14H2,1H3/t18-,19-,24-/m0/s1. The Morgan fingerprint density at radius 3 is 2.37 bits per heavy atom. The number of ether oxygens (including phenoxy) is 1. The summed E-state index contributed by atoms with van der Waals surface area (Å²) in [5.41, 5.74) is 5.08. The number of hydrogen-bond donors (Lipinski definition) is 0. The summed E-state index contributed by atoms with van der Waals surface area (Å²) in [4.78, 5) is 2.55. The van der Waals surface area contributed by atoms with Crippen molar-refractivity contribution in [3.63, 3.8) is 0 Å². The lowest BCUT2D eigenvalue weighted by Crippen LogP contribution is -2.43. The molecule has 0 aromatic heterocycles. The minimum Gasteiger partial charge on any atom is -0.365 e. The molecule has 3 atom stereocenters. The number of rotatable bonds is 2. The molecule has 1 aliphatic carbocycles. The average molecular weight is 356 g/mol. The number of nitrogens with zero attached hydrogens (tertiary/aromatic N) is 2. The smallest absolute Gasteiger partial charge is 0.109 e. The van der Waals surface area contributed by atoms with Crippen molar-refractivity contribution >= 4 is 11.6 Å². The van der Waals surface area contributed by atoms with Gasteiger partial charge in [-0.1, -0.05) is 48.5 Å². The van der Waals surface area contributed by atoms with Crippen LogP contribution in [0.15, 0.2) is 48.5 Å². The summed E-state index contributed by atoms with van der Waals surface area (Å²) in [7, 11) is 2.26. The fourth-order valence-electron chi connectivity index (χ4n) is 5.16. The molecule has 2 saturated heterocycles. The highest BCUT2D eigenvalue weighted by Crippen LogP contribution is 2.42. The summed E-state index contributed by atoms with van der Waals surface area (Å²) >= 11 is 0. The van der Waals surface area contributed by atoms with Crippen LogP contribution in [-0.2, 0) is 4.74 Å². The summed E-state index contributed by atoms with van der Waals surface area (Å²) in [5, 5.41) is 9.74. The molecule has 0 saturated carbocycles. The number of hydrogen-bond acceptors (Lipinski definition) is 3. The first-order chi connectivity index (χ1) is 13.2. The lowest BCUT2D eigenvalue weighted by atomic mass is 9.94. The van der Waals surface area contributed by atoms with Gasteiger partial charge in [0.2, 0.25) is 0 Å². The number of allylic oxidation sites excluding steroid dienone is 1. The van der Waals surface area contributed by atoms with Crippen LogP contribution >= 0.6 is 0 Å². The molecule has 136 valence electrons. The van der Waals surface area contributed by atoms with Gasteiger partial charge in [-0.2, -0.15) is 5.26 Å². The maximum atomic E-state index is 9.74. The highest BCUT2D eigenvalue weighted by atomic mass is 16.5. The van der Waals surface area contributed by atoms with Crippen molar-refractivity contribution in [2.45, 2.75) is 50.0 Å². The van der Waals surface area contributed by atoms with Gasteiger partial charge >= 0.3 is 0 Å². The van der Waals surface area contributed by atoms with Gasteiger partial charge in [-0.25, -0.2) is 0 Å². The maximum Gasteiger partial charge on any atom is 0.109 e. The lowest BCUT2D eigenvalue weighted by molar-refractivity contribution is -0.0427. The van der Waals surface area contributed by atoms with Crippen LogP contribution in [0.5, 0.6) is 0 Å². The second kappa shape index (κ2) is 6.64. The molecule has 0 spiro atoms. The Morgan fingerprint density at radius 2 is 1.63 bits per heavy atom. The predicted octanol–water partition coefficient (Wildman–Crippen LogP) is 4.80. The van der Waals surface area contributed by atoms with E-state index >= 15 is 0 Å². The van der Waals surface area contributed by atoms with Gasteiger partial charge in [0.15, 0.2) is 0 Å². The SMILES string of the molecule is CN1[C@H]2CC[C@H]1CC(O[C@H]1c3ccccc3C=C(C#N)c3ccccc31)C2. The second-order valence-corrected chi connectivity index (χ2v) is 8.05. The van der Waals surface area contributed by atoms with Crippen LogP contribution in [0.25, 0.3) is 11.6 Å². The Morgan fingerprint density at radius 1 is 0.963 bits per heavy atom. The number of benzene rings is 2. The van der Waals surface area contributed by atoms with E-state index in [0.29, 0.717) is 17.7 Å². The molecule has 2 aromatic carbocycles. The third-order valence-electron chi connectivity index (χ3n) is 6.62. The Kier molecular flexibility index (Phi) is 4.11. The highest BCUT2D eigenvalue weighted by molar-refractivity contribution is 5.92. The first kappa shape index (κ1) is 16.7. The Hall–Kier alpha value is -2.41. The van der Waals surface area contributed by atoms with Crippen LogP contribution in [0, 0.1) is 11.3 Å². The van der Waals surface area contributed by atoms with Gasteiger partial charge in [0.05, 0.1) is 17.7 Å². The monoisotopic (exact) mass is 356 g/mol. The fourth-order valence-corrected chi connectivity index (χ4v) is 5.16. The van der Waals surface area contributed by atoms with Gasteiger partial charge < -0.3 is 9.64 Å². The third kappa shape index (κ3) is 2.81. The van der Waals surface area contributed by atoms with E-state index in [9.17, 15) is 5.26 Å². The van der Waals surface area contributed by atoms with Crippen LogP contribution in [0.3, 0.4) is 0 Å². The van der Waals surface area contributed by atoms with Crippen molar-refractivity contribution in [2.24, 2.45) is 0 Å². The molecule has 2 aliphatic heterocycles. The van der Waals surface area contributed by atoms with Crippen molar-refractivity contribution in [3.05, 3.63) is 70.8 Å². The van der Waals surface area contributed by atoms with Crippen molar-refractivity contribution in [1.82, 2.24) is 4.90 Å². The van der Waals surface area contributed by atoms with Crippen LogP contribution in [0.1, 0.15) is 54.0 Å². The molecule has 0 N–H and O–H groups in total. The van der Waals surface area contributed by atoms with E-state index in [1.807, 2.05) is 24.3 Å². The summed E-state index contributed by atoms with van der Waals surface area (Å²) in [6.45, 7) is 0. The summed E-state index contributed by atoms with van der Waals surface area (Å²) in [6, 6.07) is 20.3. The third-order valence-corrected chi connectivity index (χ3v) is 6.62. The van der Waals surface area contributed by atoms with E-state index in [1.54, 1.807) is 0 Å². The average Bonchev–Trinajstić information content (AvgIpc) is 2.88. The fraction of sp³-hybridized carbons (Fsp3) is 0.375. The van der Waals surface area contributed by atoms with Crippen molar-refractivity contribution < 1.29 is 4.74 Å². The molecule has 3 heteroatoms. The molecular weight excluding hydrogens is 332 g/mol. The molecule has 3 aliphatic rings. The Balaban J connectivity index is 1.56. The van der Waals surface area contributed by atoms with E-state index in [4.69, 9.17) is 4.74 Å². The summed E-state index contributed by atoms with van der Waals surface area (Å²) in [5.74, 6) is 0. The molecule has 0 unspecified atom stereocenters. The van der Waals surface area contributed by atoms with E-state index < -0.39 is 0 Å². The van der Waals surface area contributed by atoms with Gasteiger partial charge in [-0.05, 0) is 61.1 Å². The van der Waals surface area contributed by atoms with Gasteiger partial charge in [0, 0.05) is 12.1 Å². The minimum atomic E-state index is -0.118. The van der Waals surface area contributed by atoms with Crippen LogP contribution < -0.4 is 0 Å². The molecule has 2 heterocycles. The first-order valence-corrected chi connectivity index (χ1v) is 9.92. The zero-order valence-electron chi connectivity index (χ0n) is 15.6. The number of nitriles is 1. The molecule has 2 bridgehead atoms. The quantitative estimate of drug-likeness (QED) is 0.776. The normalized spacial score (nSPS) is 29.3. The molecule has 0 amide bonds. The van der Waals surface area contributed by atoms with Gasteiger partial charge in [0.25, 0.3) is 0 Å². The summed E-state index contributed by atoms with van der Waals surface area (Å²) < 4.78 is 6.82. The van der Waals surface area contributed by atoms with E-state index in [0.717, 1.165) is 29.5 Å². The molecule has 3 nitrogen and oxygen atoms in total. The predicted molar refractivity (Wildman–Crippen MR) is 107 cm³/mol. The summed E-state index contributed by atoms with van der Waals surface area (Å²) in [6.07, 6.45) is 6.95. The van der Waals surface area contributed by atoms with Crippen molar-refractivity contribution in [2.75, 3.05) is 7.05 Å².